The number of benzene rings is 1. The van der Waals surface area contributed by atoms with Crippen LogP contribution in [0.1, 0.15) is 27.7 Å². The third-order valence-corrected chi connectivity index (χ3v) is 5.41. The van der Waals surface area contributed by atoms with E-state index in [1.54, 1.807) is 18.4 Å². The van der Waals surface area contributed by atoms with Crippen molar-refractivity contribution in [2.24, 2.45) is 4.99 Å². The third kappa shape index (κ3) is 6.80. The number of carbonyl (C=O) groups is 1. The summed E-state index contributed by atoms with van der Waals surface area (Å²) in [7, 11) is 1.64. The molecule has 0 aliphatic heterocycles. The van der Waals surface area contributed by atoms with Crippen LogP contribution in [-0.4, -0.2) is 38.5 Å². The Morgan fingerprint density at radius 1 is 1.19 bits per heavy atom. The van der Waals surface area contributed by atoms with Gasteiger partial charge in [0.05, 0.1) is 3.79 Å². The number of guanidine groups is 1. The van der Waals surface area contributed by atoms with E-state index < -0.39 is 0 Å². The largest absolute Gasteiger partial charge is 0.357 e. The van der Waals surface area contributed by atoms with Crippen molar-refractivity contribution in [2.45, 2.75) is 19.8 Å². The lowest BCUT2D eigenvalue weighted by Crippen LogP contribution is -2.38. The number of amides is 1. The molecule has 0 saturated heterocycles. The molecule has 0 unspecified atom stereocenters. The lowest BCUT2D eigenvalue weighted by Gasteiger charge is -2.11. The van der Waals surface area contributed by atoms with Gasteiger partial charge in [-0.1, -0.05) is 12.1 Å². The van der Waals surface area contributed by atoms with Gasteiger partial charge in [-0.2, -0.15) is 0 Å². The van der Waals surface area contributed by atoms with Crippen LogP contribution >= 0.6 is 27.3 Å². The van der Waals surface area contributed by atoms with Gasteiger partial charge >= 0.3 is 0 Å². The van der Waals surface area contributed by atoms with Crippen molar-refractivity contribution in [1.82, 2.24) is 16.0 Å². The highest BCUT2D eigenvalue weighted by atomic mass is 79.9. The molecule has 1 aromatic carbocycles. The van der Waals surface area contributed by atoms with E-state index in [0.717, 1.165) is 47.8 Å². The Hall–Kier alpha value is -1.86. The molecule has 5 nitrogen and oxygen atoms in total. The number of rotatable bonds is 8. The van der Waals surface area contributed by atoms with Crippen LogP contribution in [-0.2, 0) is 12.8 Å². The molecule has 0 aliphatic carbocycles. The number of thiophene rings is 1. The normalized spacial score (nSPS) is 11.3. The van der Waals surface area contributed by atoms with E-state index in [1.165, 1.54) is 4.88 Å². The fourth-order valence-electron chi connectivity index (χ4n) is 2.44. The average molecular weight is 437 g/mol. The summed E-state index contributed by atoms with van der Waals surface area (Å²) in [6, 6.07) is 11.9. The van der Waals surface area contributed by atoms with Crippen LogP contribution in [0.25, 0.3) is 0 Å². The molecule has 1 heterocycles. The lowest BCUT2D eigenvalue weighted by atomic mass is 10.1. The van der Waals surface area contributed by atoms with Crippen molar-refractivity contribution < 1.29 is 4.79 Å². The maximum Gasteiger partial charge on any atom is 0.251 e. The lowest BCUT2D eigenvalue weighted by molar-refractivity contribution is 0.0963. The Bertz CT molecular complexity index is 745. The number of hydrogen-bond donors (Lipinski definition) is 3. The van der Waals surface area contributed by atoms with Gasteiger partial charge in [0.1, 0.15) is 0 Å². The number of hydrogen-bond acceptors (Lipinski definition) is 3. The Kier molecular flexibility index (Phi) is 8.64. The van der Waals surface area contributed by atoms with Crippen LogP contribution in [0.5, 0.6) is 0 Å². The van der Waals surface area contributed by atoms with E-state index in [1.807, 2.05) is 24.3 Å². The van der Waals surface area contributed by atoms with Gasteiger partial charge in [0.2, 0.25) is 0 Å². The first-order valence-electron chi connectivity index (χ1n) is 8.69. The first kappa shape index (κ1) is 20.5. The molecule has 0 spiro atoms. The maximum absolute atomic E-state index is 11.7. The van der Waals surface area contributed by atoms with Crippen molar-refractivity contribution >= 4 is 39.1 Å². The van der Waals surface area contributed by atoms with E-state index in [4.69, 9.17) is 0 Å². The van der Waals surface area contributed by atoms with Crippen molar-refractivity contribution in [1.29, 1.82) is 0 Å². The van der Waals surface area contributed by atoms with Gasteiger partial charge in [0.15, 0.2) is 5.96 Å². The Morgan fingerprint density at radius 2 is 2.04 bits per heavy atom. The standard InChI is InChI=1S/C19H25BrN4OS/c1-3-22-19(24-12-10-16-7-8-17(20)26-16)23-11-9-14-5-4-6-15(13-14)18(25)21-2/h4-8,13H,3,9-12H2,1-2H3,(H,21,25)(H2,22,23,24). The molecule has 1 aromatic heterocycles. The maximum atomic E-state index is 11.7. The third-order valence-electron chi connectivity index (χ3n) is 3.72. The Morgan fingerprint density at radius 3 is 2.73 bits per heavy atom. The van der Waals surface area contributed by atoms with Crippen LogP contribution in [0.15, 0.2) is 45.2 Å². The summed E-state index contributed by atoms with van der Waals surface area (Å²) < 4.78 is 1.15. The number of nitrogens with zero attached hydrogens (tertiary/aromatic N) is 1. The topological polar surface area (TPSA) is 65.5 Å². The van der Waals surface area contributed by atoms with E-state index in [0.29, 0.717) is 5.56 Å². The summed E-state index contributed by atoms with van der Waals surface area (Å²) in [5.41, 5.74) is 1.81. The van der Waals surface area contributed by atoms with Crippen molar-refractivity contribution in [3.05, 3.63) is 56.2 Å². The second-order valence-corrected chi connectivity index (χ2v) is 8.22. The number of halogens is 1. The fraction of sp³-hybridized carbons (Fsp3) is 0.368. The molecule has 1 amide bonds. The summed E-state index contributed by atoms with van der Waals surface area (Å²) >= 11 is 5.23. The predicted molar refractivity (Wildman–Crippen MR) is 113 cm³/mol. The SMILES string of the molecule is CCNC(=NCCc1ccc(Br)s1)NCCc1cccc(C(=O)NC)c1. The average Bonchev–Trinajstić information content (AvgIpc) is 3.06. The molecule has 140 valence electrons. The van der Waals surface area contributed by atoms with Crippen LogP contribution in [0.3, 0.4) is 0 Å². The van der Waals surface area contributed by atoms with E-state index in [2.05, 4.69) is 55.9 Å². The fourth-order valence-corrected chi connectivity index (χ4v) is 3.92. The summed E-state index contributed by atoms with van der Waals surface area (Å²) in [4.78, 5) is 17.7. The molecular formula is C19H25BrN4OS. The van der Waals surface area contributed by atoms with E-state index in [-0.39, 0.29) is 5.91 Å². The number of nitrogens with one attached hydrogen (secondary N) is 3. The minimum atomic E-state index is -0.0603. The zero-order valence-corrected chi connectivity index (χ0v) is 17.5. The van der Waals surface area contributed by atoms with Crippen molar-refractivity contribution in [2.75, 3.05) is 26.7 Å². The number of aliphatic imine (C=N–C) groups is 1. The molecule has 0 aliphatic rings. The van der Waals surface area contributed by atoms with Crippen LogP contribution in [0, 0.1) is 0 Å². The second kappa shape index (κ2) is 11.0. The Labute approximate surface area is 167 Å². The Balaban J connectivity index is 1.84. The summed E-state index contributed by atoms with van der Waals surface area (Å²) in [5.74, 6) is 0.764. The molecule has 0 fully saturated rings. The van der Waals surface area contributed by atoms with Gasteiger partial charge < -0.3 is 16.0 Å². The summed E-state index contributed by atoms with van der Waals surface area (Å²) in [6.07, 6.45) is 1.76. The van der Waals surface area contributed by atoms with Crippen LogP contribution < -0.4 is 16.0 Å². The zero-order chi connectivity index (χ0) is 18.8. The minimum absolute atomic E-state index is 0.0603. The molecule has 2 aromatic rings. The molecule has 0 saturated carbocycles. The van der Waals surface area contributed by atoms with Gasteiger partial charge in [0, 0.05) is 43.5 Å². The van der Waals surface area contributed by atoms with Crippen molar-refractivity contribution in [3.63, 3.8) is 0 Å². The minimum Gasteiger partial charge on any atom is -0.357 e. The van der Waals surface area contributed by atoms with Gasteiger partial charge in [-0.05, 0) is 59.1 Å². The number of carbonyl (C=O) groups excluding carboxylic acids is 1. The molecule has 26 heavy (non-hydrogen) atoms. The highest BCUT2D eigenvalue weighted by molar-refractivity contribution is 9.11. The molecular weight excluding hydrogens is 412 g/mol. The zero-order valence-electron chi connectivity index (χ0n) is 15.1. The van der Waals surface area contributed by atoms with Gasteiger partial charge in [-0.3, -0.25) is 9.79 Å². The highest BCUT2D eigenvalue weighted by Crippen LogP contribution is 2.22. The predicted octanol–water partition coefficient (Wildman–Crippen LogP) is 3.21. The quantitative estimate of drug-likeness (QED) is 0.439. The van der Waals surface area contributed by atoms with Gasteiger partial charge in [-0.25, -0.2) is 0 Å². The van der Waals surface area contributed by atoms with Gasteiger partial charge in [0.25, 0.3) is 5.91 Å². The van der Waals surface area contributed by atoms with Crippen LogP contribution in [0.4, 0.5) is 0 Å². The highest BCUT2D eigenvalue weighted by Gasteiger charge is 2.04. The molecule has 0 radical (unpaired) electrons. The second-order valence-electron chi connectivity index (χ2n) is 5.67. The first-order valence-corrected chi connectivity index (χ1v) is 10.3. The molecule has 0 bridgehead atoms. The molecule has 7 heteroatoms. The molecule has 2 rings (SSSR count). The molecule has 0 atom stereocenters. The smallest absolute Gasteiger partial charge is 0.251 e. The van der Waals surface area contributed by atoms with Crippen molar-refractivity contribution in [3.8, 4) is 0 Å². The first-order chi connectivity index (χ1) is 12.6. The van der Waals surface area contributed by atoms with E-state index in [9.17, 15) is 4.79 Å². The monoisotopic (exact) mass is 436 g/mol. The summed E-state index contributed by atoms with van der Waals surface area (Å²) in [6.45, 7) is 4.38. The molecule has 3 N–H and O–H groups in total. The van der Waals surface area contributed by atoms with Gasteiger partial charge in [-0.15, -0.1) is 11.3 Å². The summed E-state index contributed by atoms with van der Waals surface area (Å²) in [5, 5.41) is 9.28. The van der Waals surface area contributed by atoms with E-state index >= 15 is 0 Å². The van der Waals surface area contributed by atoms with Crippen LogP contribution in [0.2, 0.25) is 0 Å².